The number of benzene rings is 6. The van der Waals surface area contributed by atoms with Crippen LogP contribution in [0.1, 0.15) is 0 Å². The van der Waals surface area contributed by atoms with E-state index in [1.54, 1.807) is 0 Å². The number of rotatable bonds is 3. The van der Waals surface area contributed by atoms with Crippen LogP contribution >= 0.6 is 5.51 Å². The van der Waals surface area contributed by atoms with Crippen LogP contribution in [-0.4, -0.2) is 29.5 Å². The summed E-state index contributed by atoms with van der Waals surface area (Å²) in [7, 11) is 0. The molecule has 0 aliphatic carbocycles. The van der Waals surface area contributed by atoms with Gasteiger partial charge in [0.15, 0.2) is 0 Å². The molecule has 43 heavy (non-hydrogen) atoms. The molecular formula is C38H24N3PSe. The molecule has 9 aromatic rings. The van der Waals surface area contributed by atoms with Gasteiger partial charge in [0.2, 0.25) is 0 Å². The molecule has 9 rings (SSSR count). The fourth-order valence-corrected chi connectivity index (χ4v) is 11.2. The molecule has 0 N–H and O–H groups in total. The molecule has 3 nitrogen and oxygen atoms in total. The van der Waals surface area contributed by atoms with Crippen LogP contribution in [0.2, 0.25) is 0 Å². The molecule has 0 radical (unpaired) electrons. The Balaban J connectivity index is 1.39. The SMILES string of the molecule is [Se]=P(c1ccc2ccccc2c1)(c1cnc2ccccc2c1)c1ccc2c(c1)c1ccccc1n1c3ccccc3nc21. The zero-order chi connectivity index (χ0) is 28.5. The van der Waals surface area contributed by atoms with Crippen LogP contribution in [-0.2, 0) is 0 Å². The maximum atomic E-state index is 5.12. The van der Waals surface area contributed by atoms with E-state index in [0.717, 1.165) is 38.5 Å². The molecule has 0 bridgehead atoms. The number of imidazole rings is 1. The molecule has 6 aromatic carbocycles. The summed E-state index contributed by atoms with van der Waals surface area (Å²) in [6, 6.07) is 50.3. The molecule has 0 spiro atoms. The summed E-state index contributed by atoms with van der Waals surface area (Å²) in [6.45, 7) is 0. The van der Waals surface area contributed by atoms with E-state index in [1.165, 1.54) is 37.5 Å². The van der Waals surface area contributed by atoms with Crippen molar-refractivity contribution >= 4 is 96.6 Å². The van der Waals surface area contributed by atoms with Gasteiger partial charge in [-0.25, -0.2) is 0 Å². The predicted molar refractivity (Wildman–Crippen MR) is 185 cm³/mol. The molecule has 0 fully saturated rings. The van der Waals surface area contributed by atoms with Crippen molar-refractivity contribution in [1.29, 1.82) is 0 Å². The van der Waals surface area contributed by atoms with Crippen molar-refractivity contribution < 1.29 is 0 Å². The quantitative estimate of drug-likeness (QED) is 0.113. The molecule has 1 atom stereocenters. The molecular weight excluding hydrogens is 608 g/mol. The number of fused-ring (bicyclic) bond motifs is 10. The van der Waals surface area contributed by atoms with Gasteiger partial charge in [0, 0.05) is 0 Å². The van der Waals surface area contributed by atoms with Crippen LogP contribution < -0.4 is 15.9 Å². The Bertz CT molecular complexity index is 2540. The van der Waals surface area contributed by atoms with Crippen LogP contribution in [0.4, 0.5) is 0 Å². The van der Waals surface area contributed by atoms with Gasteiger partial charge in [0.25, 0.3) is 0 Å². The molecule has 0 aliphatic rings. The van der Waals surface area contributed by atoms with Gasteiger partial charge in [-0.3, -0.25) is 0 Å². The van der Waals surface area contributed by atoms with E-state index < -0.39 is 5.51 Å². The van der Waals surface area contributed by atoms with Gasteiger partial charge in [-0.05, 0) is 0 Å². The first-order chi connectivity index (χ1) is 21.2. The second-order valence-corrected chi connectivity index (χ2v) is 17.2. The van der Waals surface area contributed by atoms with Crippen molar-refractivity contribution in [3.8, 4) is 0 Å². The van der Waals surface area contributed by atoms with Crippen LogP contribution in [0, 0.1) is 0 Å². The first-order valence-corrected chi connectivity index (χ1v) is 18.4. The third-order valence-electron chi connectivity index (χ3n) is 8.64. The van der Waals surface area contributed by atoms with E-state index in [9.17, 15) is 0 Å². The average molecular weight is 633 g/mol. The van der Waals surface area contributed by atoms with Gasteiger partial charge in [-0.15, -0.1) is 0 Å². The summed E-state index contributed by atoms with van der Waals surface area (Å²) in [5.41, 5.74) is 3.08. The molecule has 1 unspecified atom stereocenters. The minimum absolute atomic E-state index is 0.989. The standard InChI is InChI=1S/C38H24N3PSe/c43-42(28-18-17-25-9-1-2-10-26(25)21-28,30-22-27-11-3-5-13-34(27)39-24-30)29-19-20-32-33(23-29)31-12-4-7-15-36(31)41-37-16-8-6-14-35(37)40-38(32)41/h1-24H. The van der Waals surface area contributed by atoms with Gasteiger partial charge in [0.05, 0.1) is 0 Å². The number of hydrogen-bond acceptors (Lipinski definition) is 2. The second-order valence-electron chi connectivity index (χ2n) is 11.0. The number of hydrogen-bond donors (Lipinski definition) is 0. The fraction of sp³-hybridized carbons (Fsp3) is 0. The van der Waals surface area contributed by atoms with E-state index in [4.69, 9.17) is 9.97 Å². The predicted octanol–water partition coefficient (Wildman–Crippen LogP) is 7.87. The Morgan fingerprint density at radius 3 is 2.02 bits per heavy atom. The normalized spacial score (nSPS) is 13.4. The van der Waals surface area contributed by atoms with Gasteiger partial charge >= 0.3 is 257 Å². The van der Waals surface area contributed by atoms with Crippen LogP contribution in [0.15, 0.2) is 146 Å². The fourth-order valence-electron chi connectivity index (χ4n) is 6.54. The zero-order valence-corrected chi connectivity index (χ0v) is 25.7. The summed E-state index contributed by atoms with van der Waals surface area (Å²) < 4.78 is 2.31. The van der Waals surface area contributed by atoms with E-state index in [2.05, 4.69) is 159 Å². The number of aromatic nitrogens is 3. The molecule has 0 amide bonds. The molecule has 0 saturated heterocycles. The third kappa shape index (κ3) is 3.71. The Hall–Kier alpha value is -4.59. The van der Waals surface area contributed by atoms with Crippen molar-refractivity contribution in [3.63, 3.8) is 0 Å². The zero-order valence-electron chi connectivity index (χ0n) is 23.1. The maximum absolute atomic E-state index is 5.12. The van der Waals surface area contributed by atoms with Crippen LogP contribution in [0.5, 0.6) is 0 Å². The monoisotopic (exact) mass is 633 g/mol. The van der Waals surface area contributed by atoms with E-state index >= 15 is 0 Å². The molecule has 3 aromatic heterocycles. The first kappa shape index (κ1) is 25.0. The number of para-hydroxylation sites is 4. The summed E-state index contributed by atoms with van der Waals surface area (Å²) in [5.74, 6) is 0. The van der Waals surface area contributed by atoms with Gasteiger partial charge in [0.1, 0.15) is 0 Å². The van der Waals surface area contributed by atoms with Gasteiger partial charge in [-0.1, -0.05) is 0 Å². The van der Waals surface area contributed by atoms with Crippen molar-refractivity contribution in [3.05, 3.63) is 146 Å². The summed E-state index contributed by atoms with van der Waals surface area (Å²) in [5, 5.41) is 11.0. The van der Waals surface area contributed by atoms with Crippen LogP contribution in [0.25, 0.3) is 60.0 Å². The second kappa shape index (κ2) is 9.46. The van der Waals surface area contributed by atoms with Crippen molar-refractivity contribution in [1.82, 2.24) is 14.4 Å². The third-order valence-corrected chi connectivity index (χ3v) is 15.6. The van der Waals surface area contributed by atoms with Crippen LogP contribution in [0.3, 0.4) is 0 Å². The van der Waals surface area contributed by atoms with Gasteiger partial charge in [-0.2, -0.15) is 0 Å². The topological polar surface area (TPSA) is 30.2 Å². The Morgan fingerprint density at radius 2 is 1.14 bits per heavy atom. The molecule has 5 heteroatoms. The molecule has 0 saturated carbocycles. The molecule has 3 heterocycles. The molecule has 202 valence electrons. The van der Waals surface area contributed by atoms with Crippen molar-refractivity contribution in [2.45, 2.75) is 0 Å². The first-order valence-electron chi connectivity index (χ1n) is 14.4. The number of pyridine rings is 2. The van der Waals surface area contributed by atoms with E-state index in [-0.39, 0.29) is 0 Å². The Kier molecular flexibility index (Phi) is 5.49. The summed E-state index contributed by atoms with van der Waals surface area (Å²) in [6.07, 6.45) is 2.08. The van der Waals surface area contributed by atoms with Gasteiger partial charge < -0.3 is 0 Å². The average Bonchev–Trinajstić information content (AvgIpc) is 3.47. The molecule has 0 aliphatic heterocycles. The summed E-state index contributed by atoms with van der Waals surface area (Å²) in [4.78, 5) is 10.1. The number of nitrogens with zero attached hydrogens (tertiary/aromatic N) is 3. The van der Waals surface area contributed by atoms with E-state index in [0.29, 0.717) is 0 Å². The van der Waals surface area contributed by atoms with E-state index in [1.807, 2.05) is 6.07 Å². The Labute approximate surface area is 255 Å². The van der Waals surface area contributed by atoms with Crippen molar-refractivity contribution in [2.24, 2.45) is 0 Å². The summed E-state index contributed by atoms with van der Waals surface area (Å²) >= 11 is 3.79. The Morgan fingerprint density at radius 1 is 0.488 bits per heavy atom. The van der Waals surface area contributed by atoms with Crippen molar-refractivity contribution in [2.75, 3.05) is 0 Å². The minimum atomic E-state index is -2.22.